The molecule has 0 radical (unpaired) electrons. The Bertz CT molecular complexity index is 3370. The summed E-state index contributed by atoms with van der Waals surface area (Å²) in [6, 6.07) is 69.3. The van der Waals surface area contributed by atoms with Crippen LogP contribution in [0.1, 0.15) is 0 Å². The molecule has 4 aromatic heterocycles. The molecule has 0 amide bonds. The van der Waals surface area contributed by atoms with Crippen LogP contribution in [0.4, 0.5) is 0 Å². The fourth-order valence-electron chi connectivity index (χ4n) is 8.40. The molecule has 0 aliphatic rings. The summed E-state index contributed by atoms with van der Waals surface area (Å²) in [6.45, 7) is 0. The molecule has 0 N–H and O–H groups in total. The molecule has 0 fully saturated rings. The molecule has 12 rings (SSSR count). The van der Waals surface area contributed by atoms with Gasteiger partial charge in [-0.05, 0) is 84.9 Å². The van der Waals surface area contributed by atoms with E-state index in [0.29, 0.717) is 0 Å². The van der Waals surface area contributed by atoms with Crippen molar-refractivity contribution < 1.29 is 0 Å². The Hall–Kier alpha value is -7.94. The summed E-state index contributed by atoms with van der Waals surface area (Å²) in [5, 5.41) is 0.909. The van der Waals surface area contributed by atoms with Crippen LogP contribution in [0.3, 0.4) is 0 Å². The molecule has 4 heterocycles. The van der Waals surface area contributed by atoms with Gasteiger partial charge in [0.05, 0.1) is 43.3 Å². The maximum atomic E-state index is 5.52. The van der Waals surface area contributed by atoms with E-state index in [1.807, 2.05) is 36.4 Å². The first-order valence-corrected chi connectivity index (χ1v) is 20.7. The molecule has 0 aliphatic carbocycles. The molecule has 0 atom stereocenters. The van der Waals surface area contributed by atoms with Gasteiger partial charge in [-0.15, -0.1) is 11.3 Å². The van der Waals surface area contributed by atoms with E-state index < -0.39 is 0 Å². The van der Waals surface area contributed by atoms with Crippen LogP contribution in [0.2, 0.25) is 0 Å². The highest BCUT2D eigenvalue weighted by Crippen LogP contribution is 2.44. The van der Waals surface area contributed by atoms with Crippen molar-refractivity contribution in [2.45, 2.75) is 0 Å². The monoisotopic (exact) mass is 787 g/mol. The molecular weight excluding hydrogens is 755 g/mol. The minimum atomic E-state index is 0.836. The van der Waals surface area contributed by atoms with E-state index in [4.69, 9.17) is 19.9 Å². The van der Waals surface area contributed by atoms with Crippen LogP contribution in [-0.2, 0) is 0 Å². The Balaban J connectivity index is 1.08. The number of imidazole rings is 3. The summed E-state index contributed by atoms with van der Waals surface area (Å²) in [6.07, 6.45) is 0. The smallest absolute Gasteiger partial charge is 0.147 e. The number of rotatable bonds is 7. The van der Waals surface area contributed by atoms with E-state index >= 15 is 0 Å². The van der Waals surface area contributed by atoms with E-state index in [1.54, 1.807) is 11.3 Å². The zero-order valence-electron chi connectivity index (χ0n) is 32.1. The molecule has 8 aromatic carbocycles. The maximum absolute atomic E-state index is 5.52. The summed E-state index contributed by atoms with van der Waals surface area (Å²) in [7, 11) is 0. The van der Waals surface area contributed by atoms with Crippen LogP contribution < -0.4 is 0 Å². The van der Waals surface area contributed by atoms with Crippen molar-refractivity contribution in [2.75, 3.05) is 0 Å². The zero-order chi connectivity index (χ0) is 39.6. The van der Waals surface area contributed by atoms with Gasteiger partial charge in [0.25, 0.3) is 0 Å². The first-order chi connectivity index (χ1) is 29.8. The molecule has 7 nitrogen and oxygen atoms in total. The second-order valence-corrected chi connectivity index (χ2v) is 15.7. The summed E-state index contributed by atoms with van der Waals surface area (Å²) in [5.41, 5.74) is 14.0. The largest absolute Gasteiger partial charge is 0.292 e. The molecule has 60 heavy (non-hydrogen) atoms. The minimum Gasteiger partial charge on any atom is -0.292 e. The standard InChI is InChI=1S/C52H33N7S/c1-4-16-36(17-5-1)57-44-25-13-10-22-41(44)53-49(57)34-28-30-35(31-29-34)52-56-47-39(50-54-42-23-11-14-26-45(42)58(50)37-18-6-2-7-19-37)32-33-40(48(47)60-52)51-55-43-24-12-15-27-46(43)59(51)38-20-8-3-9-21-38/h1-33H. The Morgan fingerprint density at radius 3 is 1.20 bits per heavy atom. The number of hydrogen-bond donors (Lipinski definition) is 0. The molecule has 8 heteroatoms. The second kappa shape index (κ2) is 13.9. The highest BCUT2D eigenvalue weighted by Gasteiger charge is 2.24. The lowest BCUT2D eigenvalue weighted by molar-refractivity contribution is 1.10. The van der Waals surface area contributed by atoms with Gasteiger partial charge in [-0.3, -0.25) is 13.7 Å². The van der Waals surface area contributed by atoms with Crippen molar-refractivity contribution in [1.82, 2.24) is 33.6 Å². The lowest BCUT2D eigenvalue weighted by atomic mass is 10.1. The zero-order valence-corrected chi connectivity index (χ0v) is 32.9. The number of nitrogens with zero attached hydrogens (tertiary/aromatic N) is 7. The van der Waals surface area contributed by atoms with E-state index in [-0.39, 0.29) is 0 Å². The van der Waals surface area contributed by atoms with Gasteiger partial charge in [0, 0.05) is 39.3 Å². The summed E-state index contributed by atoms with van der Waals surface area (Å²) in [4.78, 5) is 21.2. The van der Waals surface area contributed by atoms with Gasteiger partial charge in [0.1, 0.15) is 22.5 Å². The van der Waals surface area contributed by atoms with Gasteiger partial charge >= 0.3 is 0 Å². The molecule has 0 unspecified atom stereocenters. The van der Waals surface area contributed by atoms with E-state index in [2.05, 4.69) is 177 Å². The summed E-state index contributed by atoms with van der Waals surface area (Å²) in [5.74, 6) is 2.59. The van der Waals surface area contributed by atoms with Crippen LogP contribution >= 0.6 is 11.3 Å². The van der Waals surface area contributed by atoms with Gasteiger partial charge in [0.2, 0.25) is 0 Å². The topological polar surface area (TPSA) is 66.3 Å². The molecule has 0 bridgehead atoms. The lowest BCUT2D eigenvalue weighted by Crippen LogP contribution is -2.00. The maximum Gasteiger partial charge on any atom is 0.147 e. The Kier molecular flexibility index (Phi) is 7.89. The number of thiazole rings is 1. The molecule has 0 saturated carbocycles. The van der Waals surface area contributed by atoms with Crippen LogP contribution in [0.5, 0.6) is 0 Å². The normalized spacial score (nSPS) is 11.7. The average molecular weight is 788 g/mol. The van der Waals surface area contributed by atoms with Crippen LogP contribution in [-0.4, -0.2) is 33.6 Å². The van der Waals surface area contributed by atoms with Crippen molar-refractivity contribution in [3.63, 3.8) is 0 Å². The van der Waals surface area contributed by atoms with Crippen LogP contribution in [0.25, 0.3) is 105 Å². The predicted molar refractivity (Wildman–Crippen MR) is 245 cm³/mol. The van der Waals surface area contributed by atoms with Gasteiger partial charge in [0.15, 0.2) is 0 Å². The Morgan fingerprint density at radius 1 is 0.317 bits per heavy atom. The van der Waals surface area contributed by atoms with Crippen molar-refractivity contribution in [3.8, 4) is 61.8 Å². The predicted octanol–water partition coefficient (Wildman–Crippen LogP) is 13.0. The van der Waals surface area contributed by atoms with Gasteiger partial charge in [-0.1, -0.05) is 115 Å². The van der Waals surface area contributed by atoms with Gasteiger partial charge in [-0.25, -0.2) is 19.9 Å². The average Bonchev–Trinajstić information content (AvgIpc) is 4.11. The second-order valence-electron chi connectivity index (χ2n) is 14.7. The third-order valence-corrected chi connectivity index (χ3v) is 12.3. The first kappa shape index (κ1) is 34.1. The van der Waals surface area contributed by atoms with Crippen LogP contribution in [0.15, 0.2) is 200 Å². The lowest BCUT2D eigenvalue weighted by Gasteiger charge is -2.13. The number of fused-ring (bicyclic) bond motifs is 4. The fraction of sp³-hybridized carbons (Fsp3) is 0. The SMILES string of the molecule is c1ccc(-n2c(-c3ccc(-c4nc5c(-c6nc7ccccc7n6-c6ccccc6)ccc(-c6nc7ccccc7n6-c6ccccc6)c5s4)cc3)nc3ccccc32)cc1. The van der Waals surface area contributed by atoms with Crippen molar-refractivity contribution in [2.24, 2.45) is 0 Å². The highest BCUT2D eigenvalue weighted by atomic mass is 32.1. The van der Waals surface area contributed by atoms with E-state index in [9.17, 15) is 0 Å². The van der Waals surface area contributed by atoms with Crippen molar-refractivity contribution in [1.29, 1.82) is 0 Å². The van der Waals surface area contributed by atoms with Gasteiger partial charge < -0.3 is 0 Å². The summed E-state index contributed by atoms with van der Waals surface area (Å²) >= 11 is 1.69. The fourth-order valence-corrected chi connectivity index (χ4v) is 9.50. The molecular formula is C52H33N7S. The number of aromatic nitrogens is 7. The molecule has 12 aromatic rings. The molecule has 0 aliphatic heterocycles. The van der Waals surface area contributed by atoms with Crippen molar-refractivity contribution >= 4 is 54.7 Å². The Morgan fingerprint density at radius 2 is 0.700 bits per heavy atom. The van der Waals surface area contributed by atoms with E-state index in [0.717, 1.165) is 105 Å². The summed E-state index contributed by atoms with van der Waals surface area (Å²) < 4.78 is 7.78. The molecule has 0 spiro atoms. The van der Waals surface area contributed by atoms with E-state index in [1.165, 1.54) is 0 Å². The van der Waals surface area contributed by atoms with Gasteiger partial charge in [-0.2, -0.15) is 0 Å². The first-order valence-electron chi connectivity index (χ1n) is 19.9. The van der Waals surface area contributed by atoms with Crippen molar-refractivity contribution in [3.05, 3.63) is 200 Å². The number of benzene rings is 8. The quantitative estimate of drug-likeness (QED) is 0.161. The third-order valence-electron chi connectivity index (χ3n) is 11.1. The number of hydrogen-bond acceptors (Lipinski definition) is 5. The van der Waals surface area contributed by atoms with Crippen LogP contribution in [0, 0.1) is 0 Å². The Labute approximate surface area is 348 Å². The third kappa shape index (κ3) is 5.50. The molecule has 0 saturated heterocycles. The highest BCUT2D eigenvalue weighted by molar-refractivity contribution is 7.22. The molecule has 282 valence electrons. The minimum absolute atomic E-state index is 0.836. The number of para-hydroxylation sites is 9.